The predicted octanol–water partition coefficient (Wildman–Crippen LogP) is 2.98. The van der Waals surface area contributed by atoms with Crippen LogP contribution in [0.15, 0.2) is 23.7 Å². The summed E-state index contributed by atoms with van der Waals surface area (Å²) in [5.74, 6) is 0.716. The van der Waals surface area contributed by atoms with Gasteiger partial charge in [0.05, 0.1) is 48.4 Å². The van der Waals surface area contributed by atoms with E-state index in [0.29, 0.717) is 25.7 Å². The second-order valence-corrected chi connectivity index (χ2v) is 10.4. The molecule has 0 radical (unpaired) electrons. The molecule has 2 aliphatic heterocycles. The lowest BCUT2D eigenvalue weighted by atomic mass is 9.71. The molecule has 2 amide bonds. The summed E-state index contributed by atoms with van der Waals surface area (Å²) in [5, 5.41) is 5.49. The SMILES string of the molecule is Cc1nc(N2CCOCC2)ncc1N1C[C@]2(CC[C@@](c3cccs3)(N(C)C)CC2)NC1=O. The molecule has 3 fully saturated rings. The van der Waals surface area contributed by atoms with Gasteiger partial charge in [0.2, 0.25) is 5.95 Å². The Morgan fingerprint density at radius 1 is 1.19 bits per heavy atom. The van der Waals surface area contributed by atoms with Gasteiger partial charge in [-0.05, 0) is 58.1 Å². The van der Waals surface area contributed by atoms with Crippen molar-refractivity contribution in [3.63, 3.8) is 0 Å². The maximum Gasteiger partial charge on any atom is 0.322 e. The summed E-state index contributed by atoms with van der Waals surface area (Å²) < 4.78 is 5.43. The molecule has 8 nitrogen and oxygen atoms in total. The molecule has 2 aromatic heterocycles. The van der Waals surface area contributed by atoms with Gasteiger partial charge in [-0.2, -0.15) is 0 Å². The fourth-order valence-electron chi connectivity index (χ4n) is 5.41. The number of aromatic nitrogens is 2. The molecule has 0 atom stereocenters. The molecule has 1 aliphatic carbocycles. The predicted molar refractivity (Wildman–Crippen MR) is 127 cm³/mol. The van der Waals surface area contributed by atoms with E-state index in [1.807, 2.05) is 29.4 Å². The lowest BCUT2D eigenvalue weighted by Gasteiger charge is -2.47. The normalized spacial score (nSPS) is 28.6. The Morgan fingerprint density at radius 2 is 1.94 bits per heavy atom. The zero-order valence-corrected chi connectivity index (χ0v) is 20.0. The van der Waals surface area contributed by atoms with Crippen LogP contribution in [0.4, 0.5) is 16.4 Å². The van der Waals surface area contributed by atoms with Crippen LogP contribution >= 0.6 is 11.3 Å². The van der Waals surface area contributed by atoms with Crippen molar-refractivity contribution < 1.29 is 9.53 Å². The zero-order chi connectivity index (χ0) is 22.3. The highest BCUT2D eigenvalue weighted by molar-refractivity contribution is 7.10. The summed E-state index contributed by atoms with van der Waals surface area (Å²) in [6, 6.07) is 4.35. The quantitative estimate of drug-likeness (QED) is 0.763. The van der Waals surface area contributed by atoms with Crippen LogP contribution in [0.3, 0.4) is 0 Å². The van der Waals surface area contributed by atoms with Crippen molar-refractivity contribution in [3.8, 4) is 0 Å². The lowest BCUT2D eigenvalue weighted by molar-refractivity contribution is 0.0689. The van der Waals surface area contributed by atoms with Crippen LogP contribution in [-0.4, -0.2) is 73.4 Å². The van der Waals surface area contributed by atoms with E-state index < -0.39 is 0 Å². The van der Waals surface area contributed by atoms with E-state index in [-0.39, 0.29) is 17.1 Å². The number of thiophene rings is 1. The number of carbonyl (C=O) groups excluding carboxylic acids is 1. The van der Waals surface area contributed by atoms with Gasteiger partial charge in [0.1, 0.15) is 0 Å². The van der Waals surface area contributed by atoms with Gasteiger partial charge in [0.25, 0.3) is 0 Å². The van der Waals surface area contributed by atoms with Crippen molar-refractivity contribution >= 4 is 29.0 Å². The van der Waals surface area contributed by atoms with E-state index >= 15 is 0 Å². The number of urea groups is 1. The largest absolute Gasteiger partial charge is 0.378 e. The third-order valence-electron chi connectivity index (χ3n) is 7.47. The number of ether oxygens (including phenoxy) is 1. The van der Waals surface area contributed by atoms with Crippen molar-refractivity contribution in [1.82, 2.24) is 20.2 Å². The Hall–Kier alpha value is -2.23. The number of morpholine rings is 1. The summed E-state index contributed by atoms with van der Waals surface area (Å²) in [6.07, 6.45) is 5.78. The number of amides is 2. The summed E-state index contributed by atoms with van der Waals surface area (Å²) in [6.45, 7) is 5.62. The number of carbonyl (C=O) groups is 1. The van der Waals surface area contributed by atoms with Crippen LogP contribution in [-0.2, 0) is 10.3 Å². The second kappa shape index (κ2) is 8.28. The smallest absolute Gasteiger partial charge is 0.322 e. The number of anilines is 2. The topological polar surface area (TPSA) is 73.8 Å². The second-order valence-electron chi connectivity index (χ2n) is 9.44. The molecule has 3 aliphatic rings. The molecule has 5 rings (SSSR count). The van der Waals surface area contributed by atoms with E-state index in [0.717, 1.165) is 50.2 Å². The summed E-state index contributed by atoms with van der Waals surface area (Å²) in [7, 11) is 4.35. The maximum absolute atomic E-state index is 13.0. The van der Waals surface area contributed by atoms with Gasteiger partial charge in [-0.15, -0.1) is 11.3 Å². The number of hydrogen-bond donors (Lipinski definition) is 1. The number of aryl methyl sites for hydroxylation is 1. The average molecular weight is 457 g/mol. The van der Waals surface area contributed by atoms with Gasteiger partial charge >= 0.3 is 6.03 Å². The number of hydrogen-bond acceptors (Lipinski definition) is 7. The molecule has 4 heterocycles. The molecule has 0 bridgehead atoms. The molecule has 2 saturated heterocycles. The Labute approximate surface area is 193 Å². The van der Waals surface area contributed by atoms with E-state index in [1.54, 1.807) is 0 Å². The molecule has 1 saturated carbocycles. The van der Waals surface area contributed by atoms with E-state index in [4.69, 9.17) is 9.72 Å². The lowest BCUT2D eigenvalue weighted by Crippen LogP contribution is -2.53. The molecule has 1 spiro atoms. The molecule has 2 aromatic rings. The molecule has 0 unspecified atom stereocenters. The van der Waals surface area contributed by atoms with E-state index in [1.165, 1.54) is 4.88 Å². The first kappa shape index (κ1) is 21.6. The van der Waals surface area contributed by atoms with Crippen molar-refractivity contribution in [2.75, 3.05) is 56.7 Å². The molecule has 0 aromatic carbocycles. The van der Waals surface area contributed by atoms with Crippen molar-refractivity contribution in [2.45, 2.75) is 43.7 Å². The van der Waals surface area contributed by atoms with Crippen LogP contribution in [0.25, 0.3) is 0 Å². The minimum atomic E-state index is -0.191. The van der Waals surface area contributed by atoms with Crippen molar-refractivity contribution in [1.29, 1.82) is 0 Å². The molecule has 1 N–H and O–H groups in total. The Morgan fingerprint density at radius 3 is 2.56 bits per heavy atom. The molecular formula is C23H32N6O2S. The van der Waals surface area contributed by atoms with Gasteiger partial charge in [-0.1, -0.05) is 6.07 Å². The minimum Gasteiger partial charge on any atom is -0.378 e. The molecule has 9 heteroatoms. The zero-order valence-electron chi connectivity index (χ0n) is 19.1. The van der Waals surface area contributed by atoms with E-state index in [9.17, 15) is 4.79 Å². The highest BCUT2D eigenvalue weighted by Crippen LogP contribution is 2.47. The highest BCUT2D eigenvalue weighted by Gasteiger charge is 2.50. The summed E-state index contributed by atoms with van der Waals surface area (Å²) >= 11 is 1.83. The Kier molecular flexibility index (Phi) is 5.59. The Bertz CT molecular complexity index is 965. The number of nitrogens with zero attached hydrogens (tertiary/aromatic N) is 5. The molecular weight excluding hydrogens is 424 g/mol. The fourth-order valence-corrected chi connectivity index (χ4v) is 6.48. The van der Waals surface area contributed by atoms with Crippen LogP contribution in [0.5, 0.6) is 0 Å². The fraction of sp³-hybridized carbons (Fsp3) is 0.609. The molecule has 32 heavy (non-hydrogen) atoms. The Balaban J connectivity index is 1.32. The first-order valence-electron chi connectivity index (χ1n) is 11.4. The molecule has 172 valence electrons. The van der Waals surface area contributed by atoms with Crippen molar-refractivity contribution in [3.05, 3.63) is 34.3 Å². The number of nitrogens with one attached hydrogen (secondary N) is 1. The van der Waals surface area contributed by atoms with Crippen LogP contribution < -0.4 is 15.1 Å². The first-order chi connectivity index (χ1) is 15.4. The van der Waals surface area contributed by atoms with Gasteiger partial charge in [0.15, 0.2) is 0 Å². The van der Waals surface area contributed by atoms with Crippen LogP contribution in [0.1, 0.15) is 36.3 Å². The first-order valence-corrected chi connectivity index (χ1v) is 12.3. The highest BCUT2D eigenvalue weighted by atomic mass is 32.1. The van der Waals surface area contributed by atoms with Gasteiger partial charge in [-0.3, -0.25) is 9.80 Å². The minimum absolute atomic E-state index is 0.0377. The summed E-state index contributed by atoms with van der Waals surface area (Å²) in [5.41, 5.74) is 1.50. The standard InChI is InChI=1S/C23H32N6O2S/c1-17-18(15-24-20(25-17)28-10-12-31-13-11-28)29-16-22(26-21(29)30)6-8-23(9-7-22,27(2)3)19-5-4-14-32-19/h4-5,14-15H,6-13,16H2,1-3H3,(H,26,30)/t22-,23-. The van der Waals surface area contributed by atoms with E-state index in [2.05, 4.69) is 51.7 Å². The maximum atomic E-state index is 13.0. The number of rotatable bonds is 4. The van der Waals surface area contributed by atoms with Gasteiger partial charge in [0, 0.05) is 18.0 Å². The average Bonchev–Trinajstić information content (AvgIpc) is 3.44. The monoisotopic (exact) mass is 456 g/mol. The van der Waals surface area contributed by atoms with Gasteiger partial charge in [-0.25, -0.2) is 14.8 Å². The third kappa shape index (κ3) is 3.66. The van der Waals surface area contributed by atoms with Crippen LogP contribution in [0, 0.1) is 6.92 Å². The summed E-state index contributed by atoms with van der Waals surface area (Å²) in [4.78, 5) is 30.1. The van der Waals surface area contributed by atoms with Crippen LogP contribution in [0.2, 0.25) is 0 Å². The van der Waals surface area contributed by atoms with Crippen molar-refractivity contribution in [2.24, 2.45) is 0 Å². The van der Waals surface area contributed by atoms with Gasteiger partial charge < -0.3 is 15.0 Å². The third-order valence-corrected chi connectivity index (χ3v) is 8.54.